The van der Waals surface area contributed by atoms with Crippen molar-refractivity contribution < 1.29 is 13.9 Å². The first kappa shape index (κ1) is 16.7. The van der Waals surface area contributed by atoms with Crippen molar-refractivity contribution in [3.05, 3.63) is 35.6 Å². The van der Waals surface area contributed by atoms with Crippen LogP contribution in [0, 0.1) is 11.7 Å². The summed E-state index contributed by atoms with van der Waals surface area (Å²) in [6, 6.07) is 6.46. The number of benzene rings is 1. The van der Waals surface area contributed by atoms with E-state index in [9.17, 15) is 9.18 Å². The lowest BCUT2D eigenvalue weighted by Gasteiger charge is -2.25. The molecule has 4 nitrogen and oxygen atoms in total. The summed E-state index contributed by atoms with van der Waals surface area (Å²) in [7, 11) is 1.67. The molecule has 0 spiro atoms. The Hall–Kier alpha value is -1.62. The number of nitrogens with one attached hydrogen (secondary N) is 1. The molecular formula is C17H25FN2O2. The number of carbonyl (C=O) groups is 1. The zero-order valence-electron chi connectivity index (χ0n) is 13.3. The fraction of sp³-hybridized carbons (Fsp3) is 0.588. The highest BCUT2D eigenvalue weighted by Crippen LogP contribution is 2.36. The van der Waals surface area contributed by atoms with Crippen molar-refractivity contribution in [3.8, 4) is 0 Å². The maximum absolute atomic E-state index is 14.0. The van der Waals surface area contributed by atoms with Gasteiger partial charge in [0.15, 0.2) is 0 Å². The molecule has 0 radical (unpaired) electrons. The van der Waals surface area contributed by atoms with Crippen LogP contribution in [0.2, 0.25) is 0 Å². The summed E-state index contributed by atoms with van der Waals surface area (Å²) in [6.45, 7) is 4.09. The number of carbonyl (C=O) groups excluding carboxylic acids is 1. The van der Waals surface area contributed by atoms with E-state index in [1.807, 2.05) is 6.07 Å². The summed E-state index contributed by atoms with van der Waals surface area (Å²) < 4.78 is 19.0. The van der Waals surface area contributed by atoms with Crippen molar-refractivity contribution in [2.75, 3.05) is 26.8 Å². The monoisotopic (exact) mass is 308 g/mol. The van der Waals surface area contributed by atoms with Crippen LogP contribution in [0.1, 0.15) is 37.8 Å². The fourth-order valence-electron chi connectivity index (χ4n) is 2.98. The van der Waals surface area contributed by atoms with Crippen molar-refractivity contribution in [2.45, 2.75) is 32.2 Å². The molecule has 2 atom stereocenters. The number of rotatable bonds is 6. The molecule has 1 heterocycles. The van der Waals surface area contributed by atoms with Crippen molar-refractivity contribution >= 4 is 6.03 Å². The Kier molecular flexibility index (Phi) is 6.19. The highest BCUT2D eigenvalue weighted by atomic mass is 19.1. The fourth-order valence-corrected chi connectivity index (χ4v) is 2.98. The minimum Gasteiger partial charge on any atom is -0.385 e. The van der Waals surface area contributed by atoms with Gasteiger partial charge in [-0.2, -0.15) is 0 Å². The van der Waals surface area contributed by atoms with E-state index in [0.717, 1.165) is 19.3 Å². The Morgan fingerprint density at radius 3 is 2.91 bits per heavy atom. The summed E-state index contributed by atoms with van der Waals surface area (Å²) in [4.78, 5) is 14.1. The van der Waals surface area contributed by atoms with Crippen LogP contribution >= 0.6 is 0 Å². The molecule has 0 aromatic heterocycles. The van der Waals surface area contributed by atoms with E-state index in [0.29, 0.717) is 31.2 Å². The van der Waals surface area contributed by atoms with E-state index >= 15 is 0 Å². The van der Waals surface area contributed by atoms with Crippen molar-refractivity contribution in [1.82, 2.24) is 10.2 Å². The normalized spacial score (nSPS) is 21.1. The first-order valence-corrected chi connectivity index (χ1v) is 7.91. The molecule has 0 aliphatic carbocycles. The van der Waals surface area contributed by atoms with Gasteiger partial charge in [-0.25, -0.2) is 9.18 Å². The van der Waals surface area contributed by atoms with E-state index in [1.165, 1.54) is 6.07 Å². The Morgan fingerprint density at radius 1 is 1.41 bits per heavy atom. The zero-order valence-corrected chi connectivity index (χ0v) is 13.3. The highest BCUT2D eigenvalue weighted by Gasteiger charge is 2.35. The van der Waals surface area contributed by atoms with E-state index in [2.05, 4.69) is 12.2 Å². The number of halogens is 1. The van der Waals surface area contributed by atoms with Gasteiger partial charge in [0.25, 0.3) is 0 Å². The van der Waals surface area contributed by atoms with Gasteiger partial charge in [0.1, 0.15) is 5.82 Å². The van der Waals surface area contributed by atoms with E-state index in [4.69, 9.17) is 4.74 Å². The molecule has 1 aromatic carbocycles. The van der Waals surface area contributed by atoms with Crippen molar-refractivity contribution in [3.63, 3.8) is 0 Å². The van der Waals surface area contributed by atoms with Crippen LogP contribution in [0.5, 0.6) is 0 Å². The van der Waals surface area contributed by atoms with Crippen LogP contribution in [-0.2, 0) is 4.74 Å². The van der Waals surface area contributed by atoms with Gasteiger partial charge < -0.3 is 15.0 Å². The quantitative estimate of drug-likeness (QED) is 0.819. The Labute approximate surface area is 131 Å². The van der Waals surface area contributed by atoms with Gasteiger partial charge in [-0.15, -0.1) is 0 Å². The second-order valence-corrected chi connectivity index (χ2v) is 5.96. The topological polar surface area (TPSA) is 41.6 Å². The van der Waals surface area contributed by atoms with Gasteiger partial charge in [-0.3, -0.25) is 0 Å². The molecule has 1 aromatic rings. The largest absolute Gasteiger partial charge is 0.385 e. The predicted molar refractivity (Wildman–Crippen MR) is 84.1 cm³/mol. The summed E-state index contributed by atoms with van der Waals surface area (Å²) in [5.41, 5.74) is 0.612. The summed E-state index contributed by atoms with van der Waals surface area (Å²) in [6.07, 6.45) is 2.61. The first-order chi connectivity index (χ1) is 10.6. The molecule has 0 unspecified atom stereocenters. The molecule has 2 amide bonds. The molecule has 2 rings (SSSR count). The third-order valence-electron chi connectivity index (χ3n) is 4.09. The lowest BCUT2D eigenvalue weighted by Crippen LogP contribution is -2.40. The van der Waals surface area contributed by atoms with Gasteiger partial charge in [0, 0.05) is 32.4 Å². The highest BCUT2D eigenvalue weighted by molar-refractivity contribution is 5.75. The van der Waals surface area contributed by atoms with Crippen LogP contribution in [0.3, 0.4) is 0 Å². The van der Waals surface area contributed by atoms with Crippen molar-refractivity contribution in [1.29, 1.82) is 0 Å². The number of unbranched alkanes of at least 4 members (excludes halogenated alkanes) is 1. The Bertz CT molecular complexity index is 495. The molecule has 122 valence electrons. The minimum atomic E-state index is -0.237. The van der Waals surface area contributed by atoms with Crippen LogP contribution in [0.25, 0.3) is 0 Å². The molecule has 1 saturated heterocycles. The number of nitrogens with zero attached hydrogens (tertiary/aromatic N) is 1. The zero-order chi connectivity index (χ0) is 15.9. The molecular weight excluding hydrogens is 283 g/mol. The van der Waals surface area contributed by atoms with Crippen LogP contribution < -0.4 is 5.32 Å². The number of likely N-dealkylation sites (tertiary alicyclic amines) is 1. The van der Waals surface area contributed by atoms with Gasteiger partial charge in [0.2, 0.25) is 0 Å². The van der Waals surface area contributed by atoms with E-state index in [1.54, 1.807) is 24.1 Å². The van der Waals surface area contributed by atoms with E-state index < -0.39 is 0 Å². The molecule has 5 heteroatoms. The molecule has 1 fully saturated rings. The minimum absolute atomic E-state index is 0.102. The van der Waals surface area contributed by atoms with Gasteiger partial charge in [-0.05, 0) is 31.2 Å². The smallest absolute Gasteiger partial charge is 0.317 e. The number of amides is 2. The maximum atomic E-state index is 14.0. The molecule has 1 N–H and O–H groups in total. The lowest BCUT2D eigenvalue weighted by molar-refractivity contribution is 0.185. The molecule has 1 aliphatic rings. The number of hydrogen-bond donors (Lipinski definition) is 1. The van der Waals surface area contributed by atoms with Gasteiger partial charge >= 0.3 is 6.03 Å². The second kappa shape index (κ2) is 8.13. The van der Waals surface area contributed by atoms with Gasteiger partial charge in [0.05, 0.1) is 6.04 Å². The van der Waals surface area contributed by atoms with E-state index in [-0.39, 0.29) is 17.9 Å². The number of ether oxygens (including phenoxy) is 1. The number of methoxy groups -OCH3 is 1. The predicted octanol–water partition coefficient (Wildman–Crippen LogP) is 3.34. The van der Waals surface area contributed by atoms with Crippen LogP contribution in [0.4, 0.5) is 9.18 Å². The summed E-state index contributed by atoms with van der Waals surface area (Å²) in [5, 5.41) is 2.93. The third kappa shape index (κ3) is 4.19. The van der Waals surface area contributed by atoms with Crippen LogP contribution in [0.15, 0.2) is 24.3 Å². The average molecular weight is 308 g/mol. The SMILES string of the molecule is COCCCCNC(=O)N1C[C@H](C)C[C@H]1c1ccccc1F. The maximum Gasteiger partial charge on any atom is 0.317 e. The average Bonchev–Trinajstić information content (AvgIpc) is 2.89. The molecule has 0 saturated carbocycles. The van der Waals surface area contributed by atoms with Crippen molar-refractivity contribution in [2.24, 2.45) is 5.92 Å². The number of urea groups is 1. The second-order valence-electron chi connectivity index (χ2n) is 5.96. The van der Waals surface area contributed by atoms with Crippen LogP contribution in [-0.4, -0.2) is 37.7 Å². The summed E-state index contributed by atoms with van der Waals surface area (Å²) >= 11 is 0. The summed E-state index contributed by atoms with van der Waals surface area (Å²) in [5.74, 6) is 0.142. The standard InChI is InChI=1S/C17H25FN2O2/c1-13-11-16(14-7-3-4-8-15(14)18)20(12-13)17(21)19-9-5-6-10-22-2/h3-4,7-8,13,16H,5-6,9-12H2,1-2H3,(H,19,21)/t13-,16+/m1/s1. The molecule has 1 aliphatic heterocycles. The third-order valence-corrected chi connectivity index (χ3v) is 4.09. The molecule has 0 bridgehead atoms. The Balaban J connectivity index is 1.96. The van der Waals surface area contributed by atoms with Gasteiger partial charge in [-0.1, -0.05) is 25.1 Å². The number of hydrogen-bond acceptors (Lipinski definition) is 2. The lowest BCUT2D eigenvalue weighted by atomic mass is 10.0. The first-order valence-electron chi connectivity index (χ1n) is 7.91. The Morgan fingerprint density at radius 2 is 2.18 bits per heavy atom. The molecule has 22 heavy (non-hydrogen) atoms.